The number of carbonyl (C=O) groups is 1. The third-order valence-electron chi connectivity index (χ3n) is 3.52. The largest absolute Gasteiger partial charge is 0.478 e. The minimum absolute atomic E-state index is 0.104. The molecule has 0 aliphatic carbocycles. The van der Waals surface area contributed by atoms with Crippen LogP contribution in [0.15, 0.2) is 45.6 Å². The van der Waals surface area contributed by atoms with Crippen molar-refractivity contribution >= 4 is 27.9 Å². The summed E-state index contributed by atoms with van der Waals surface area (Å²) < 4.78 is 5.69. The molecule has 4 heteroatoms. The smallest absolute Gasteiger partial charge is 0.335 e. The van der Waals surface area contributed by atoms with Crippen LogP contribution in [0.3, 0.4) is 0 Å². The van der Waals surface area contributed by atoms with Crippen molar-refractivity contribution in [2.75, 3.05) is 0 Å². The summed E-state index contributed by atoms with van der Waals surface area (Å²) in [6, 6.07) is 9.88. The molecule has 0 saturated carbocycles. The molecular weight excluding hydrogens is 268 g/mol. The highest BCUT2D eigenvalue weighted by molar-refractivity contribution is 5.95. The van der Waals surface area contributed by atoms with Crippen molar-refractivity contribution in [3.05, 3.63) is 57.7 Å². The molecule has 0 unspecified atom stereocenters. The summed E-state index contributed by atoms with van der Waals surface area (Å²) in [4.78, 5) is 23.5. The van der Waals surface area contributed by atoms with Crippen LogP contribution in [-0.2, 0) is 6.42 Å². The lowest BCUT2D eigenvalue weighted by molar-refractivity contribution is 0.0697. The Hall–Kier alpha value is -2.62. The van der Waals surface area contributed by atoms with E-state index in [1.165, 1.54) is 18.2 Å². The minimum Gasteiger partial charge on any atom is -0.478 e. The molecule has 21 heavy (non-hydrogen) atoms. The predicted octanol–water partition coefficient (Wildman–Crippen LogP) is 3.60. The van der Waals surface area contributed by atoms with Crippen molar-refractivity contribution in [2.24, 2.45) is 0 Å². The number of rotatable bonds is 3. The molecule has 1 N–H and O–H groups in total. The van der Waals surface area contributed by atoms with Crippen LogP contribution < -0.4 is 5.43 Å². The molecule has 106 valence electrons. The van der Waals surface area contributed by atoms with Gasteiger partial charge in [-0.1, -0.05) is 19.4 Å². The lowest BCUT2D eigenvalue weighted by atomic mass is 10.1. The van der Waals surface area contributed by atoms with Gasteiger partial charge < -0.3 is 9.52 Å². The van der Waals surface area contributed by atoms with Crippen molar-refractivity contribution in [1.82, 2.24) is 0 Å². The molecule has 3 rings (SSSR count). The van der Waals surface area contributed by atoms with Crippen LogP contribution in [0.5, 0.6) is 0 Å². The summed E-state index contributed by atoms with van der Waals surface area (Å²) in [5, 5.41) is 9.94. The second kappa shape index (κ2) is 5.05. The Kier molecular flexibility index (Phi) is 3.22. The van der Waals surface area contributed by atoms with Gasteiger partial charge in [0.05, 0.1) is 16.3 Å². The van der Waals surface area contributed by atoms with E-state index >= 15 is 0 Å². The summed E-state index contributed by atoms with van der Waals surface area (Å²) >= 11 is 0. The molecular formula is C17H14O4. The zero-order chi connectivity index (χ0) is 15.0. The van der Waals surface area contributed by atoms with Gasteiger partial charge in [-0.15, -0.1) is 0 Å². The molecule has 4 nitrogen and oxygen atoms in total. The maximum absolute atomic E-state index is 12.5. The monoisotopic (exact) mass is 282 g/mol. The van der Waals surface area contributed by atoms with Gasteiger partial charge in [-0.05, 0) is 42.3 Å². The van der Waals surface area contributed by atoms with Crippen LogP contribution in [0.2, 0.25) is 0 Å². The SMILES string of the molecule is CCCc1ccc2oc3cc(C(=O)O)ccc3c(=O)c2c1. The average molecular weight is 282 g/mol. The molecule has 3 aromatic rings. The van der Waals surface area contributed by atoms with Crippen LogP contribution in [-0.4, -0.2) is 11.1 Å². The predicted molar refractivity (Wildman–Crippen MR) is 80.9 cm³/mol. The first-order valence-corrected chi connectivity index (χ1v) is 6.83. The van der Waals surface area contributed by atoms with Crippen LogP contribution in [0.1, 0.15) is 29.3 Å². The van der Waals surface area contributed by atoms with E-state index in [1.807, 2.05) is 12.1 Å². The molecule has 1 heterocycles. The number of carboxylic acids is 1. The topological polar surface area (TPSA) is 67.5 Å². The number of fused-ring (bicyclic) bond motifs is 2. The maximum Gasteiger partial charge on any atom is 0.335 e. The molecule has 0 spiro atoms. The van der Waals surface area contributed by atoms with E-state index in [1.54, 1.807) is 6.07 Å². The van der Waals surface area contributed by atoms with Crippen LogP contribution >= 0.6 is 0 Å². The zero-order valence-corrected chi connectivity index (χ0v) is 11.6. The first kappa shape index (κ1) is 13.4. The Morgan fingerprint density at radius 2 is 1.90 bits per heavy atom. The fraction of sp³-hybridized carbons (Fsp3) is 0.176. The van der Waals surface area contributed by atoms with Gasteiger partial charge in [0, 0.05) is 0 Å². The Morgan fingerprint density at radius 3 is 2.62 bits per heavy atom. The van der Waals surface area contributed by atoms with Crippen molar-refractivity contribution < 1.29 is 14.3 Å². The summed E-state index contributed by atoms with van der Waals surface area (Å²) in [5.74, 6) is -1.04. The number of benzene rings is 2. The first-order chi connectivity index (χ1) is 10.1. The molecule has 0 radical (unpaired) electrons. The average Bonchev–Trinajstić information content (AvgIpc) is 2.48. The Bertz CT molecular complexity index is 906. The van der Waals surface area contributed by atoms with Crippen molar-refractivity contribution in [3.63, 3.8) is 0 Å². The van der Waals surface area contributed by atoms with Crippen molar-refractivity contribution in [3.8, 4) is 0 Å². The summed E-state index contributed by atoms with van der Waals surface area (Å²) in [6.07, 6.45) is 1.91. The van der Waals surface area contributed by atoms with Gasteiger partial charge in [-0.3, -0.25) is 4.79 Å². The molecule has 0 aliphatic heterocycles. The first-order valence-electron chi connectivity index (χ1n) is 6.83. The molecule has 1 aromatic heterocycles. The highest BCUT2D eigenvalue weighted by Crippen LogP contribution is 2.21. The molecule has 0 fully saturated rings. The van der Waals surface area contributed by atoms with Crippen LogP contribution in [0, 0.1) is 0 Å². The van der Waals surface area contributed by atoms with E-state index in [-0.39, 0.29) is 11.0 Å². The van der Waals surface area contributed by atoms with E-state index in [0.717, 1.165) is 18.4 Å². The van der Waals surface area contributed by atoms with E-state index in [0.29, 0.717) is 21.9 Å². The van der Waals surface area contributed by atoms with Gasteiger partial charge in [-0.2, -0.15) is 0 Å². The van der Waals surface area contributed by atoms with Gasteiger partial charge >= 0.3 is 5.97 Å². The van der Waals surface area contributed by atoms with Crippen LogP contribution in [0.25, 0.3) is 21.9 Å². The molecule has 0 saturated heterocycles. The number of aryl methyl sites for hydroxylation is 1. The third kappa shape index (κ3) is 2.29. The maximum atomic E-state index is 12.5. The van der Waals surface area contributed by atoms with Gasteiger partial charge in [-0.25, -0.2) is 4.79 Å². The molecule has 0 bridgehead atoms. The normalized spacial score (nSPS) is 11.1. The molecule has 0 atom stereocenters. The van der Waals surface area contributed by atoms with E-state index in [9.17, 15) is 9.59 Å². The second-order valence-corrected chi connectivity index (χ2v) is 5.03. The van der Waals surface area contributed by atoms with Gasteiger partial charge in [0.15, 0.2) is 0 Å². The molecule has 0 amide bonds. The second-order valence-electron chi connectivity index (χ2n) is 5.03. The molecule has 2 aromatic carbocycles. The Balaban J connectivity index is 2.32. The number of hydrogen-bond donors (Lipinski definition) is 1. The zero-order valence-electron chi connectivity index (χ0n) is 11.6. The number of carboxylic acid groups (broad SMARTS) is 1. The highest BCUT2D eigenvalue weighted by atomic mass is 16.4. The van der Waals surface area contributed by atoms with E-state index in [2.05, 4.69) is 6.92 Å². The lowest BCUT2D eigenvalue weighted by Crippen LogP contribution is -2.04. The standard InChI is InChI=1S/C17H14O4/c1-2-3-10-4-7-14-13(8-10)16(18)12-6-5-11(17(19)20)9-15(12)21-14/h4-9H,2-3H2,1H3,(H,19,20). The summed E-state index contributed by atoms with van der Waals surface area (Å²) in [5.41, 5.74) is 1.86. The highest BCUT2D eigenvalue weighted by Gasteiger charge is 2.11. The van der Waals surface area contributed by atoms with Gasteiger partial charge in [0.1, 0.15) is 11.2 Å². The van der Waals surface area contributed by atoms with Gasteiger partial charge in [0.2, 0.25) is 5.43 Å². The fourth-order valence-electron chi connectivity index (χ4n) is 2.48. The Labute approximate surface area is 120 Å². The van der Waals surface area contributed by atoms with Crippen LogP contribution in [0.4, 0.5) is 0 Å². The summed E-state index contributed by atoms with van der Waals surface area (Å²) in [7, 11) is 0. The minimum atomic E-state index is -1.04. The summed E-state index contributed by atoms with van der Waals surface area (Å²) in [6.45, 7) is 2.08. The number of hydrogen-bond acceptors (Lipinski definition) is 3. The van der Waals surface area contributed by atoms with Crippen molar-refractivity contribution in [1.29, 1.82) is 0 Å². The fourth-order valence-corrected chi connectivity index (χ4v) is 2.48. The Morgan fingerprint density at radius 1 is 1.10 bits per heavy atom. The van der Waals surface area contributed by atoms with Crippen molar-refractivity contribution in [2.45, 2.75) is 19.8 Å². The molecule has 0 aliphatic rings. The van der Waals surface area contributed by atoms with E-state index in [4.69, 9.17) is 9.52 Å². The number of aromatic carboxylic acids is 1. The quantitative estimate of drug-likeness (QED) is 0.745. The third-order valence-corrected chi connectivity index (χ3v) is 3.52. The van der Waals surface area contributed by atoms with Gasteiger partial charge in [0.25, 0.3) is 0 Å². The lowest BCUT2D eigenvalue weighted by Gasteiger charge is -2.04. The van der Waals surface area contributed by atoms with E-state index < -0.39 is 5.97 Å².